The Balaban J connectivity index is 1.51. The van der Waals surface area contributed by atoms with Crippen molar-refractivity contribution >= 4 is 34.7 Å². The lowest BCUT2D eigenvalue weighted by Crippen LogP contribution is -2.11. The summed E-state index contributed by atoms with van der Waals surface area (Å²) in [5.74, 6) is 1.88. The summed E-state index contributed by atoms with van der Waals surface area (Å²) in [6.45, 7) is 4.52. The second-order valence-corrected chi connectivity index (χ2v) is 7.38. The number of carbonyl (C=O) groups is 1. The average molecular weight is 409 g/mol. The zero-order valence-electron chi connectivity index (χ0n) is 16.0. The van der Waals surface area contributed by atoms with Gasteiger partial charge in [0.25, 0.3) is 11.8 Å². The molecule has 0 bridgehead atoms. The van der Waals surface area contributed by atoms with Gasteiger partial charge in [-0.3, -0.25) is 10.1 Å². The molecular weight excluding hydrogens is 390 g/mol. The minimum absolute atomic E-state index is 0.00231. The molecule has 0 saturated carbocycles. The molecule has 0 aliphatic rings. The monoisotopic (exact) mass is 409 g/mol. The number of thioether (sulfide) groups is 1. The van der Waals surface area contributed by atoms with Crippen LogP contribution in [0.2, 0.25) is 0 Å². The van der Waals surface area contributed by atoms with E-state index in [1.54, 1.807) is 30.0 Å². The highest BCUT2D eigenvalue weighted by atomic mass is 32.2. The number of carbonyl (C=O) groups excluding carboxylic acids is 1. The fourth-order valence-electron chi connectivity index (χ4n) is 2.82. The molecule has 0 aliphatic carbocycles. The number of amides is 1. The molecule has 0 aliphatic heterocycles. The Morgan fingerprint density at radius 1 is 1.10 bits per heavy atom. The third kappa shape index (κ3) is 4.12. The van der Waals surface area contributed by atoms with Crippen LogP contribution in [-0.2, 0) is 0 Å². The van der Waals surface area contributed by atoms with E-state index in [0.717, 1.165) is 16.0 Å². The molecular formula is C21H19N3O4S. The predicted octanol–water partition coefficient (Wildman–Crippen LogP) is 5.25. The van der Waals surface area contributed by atoms with Gasteiger partial charge in [0.15, 0.2) is 17.1 Å². The van der Waals surface area contributed by atoms with Crippen molar-refractivity contribution in [2.24, 2.45) is 0 Å². The molecule has 0 atom stereocenters. The highest BCUT2D eigenvalue weighted by Crippen LogP contribution is 2.33. The first kappa shape index (κ1) is 19.1. The zero-order chi connectivity index (χ0) is 20.2. The molecule has 1 N–H and O–H groups in total. The van der Waals surface area contributed by atoms with Crippen molar-refractivity contribution in [1.82, 2.24) is 10.2 Å². The number of hydrogen-bond acceptors (Lipinski definition) is 7. The lowest BCUT2D eigenvalue weighted by Gasteiger charge is -2.02. The Morgan fingerprint density at radius 3 is 2.69 bits per heavy atom. The van der Waals surface area contributed by atoms with Crippen molar-refractivity contribution in [3.05, 3.63) is 54.1 Å². The minimum atomic E-state index is -0.323. The average Bonchev–Trinajstić information content (AvgIpc) is 3.36. The molecule has 0 unspecified atom stereocenters. The summed E-state index contributed by atoms with van der Waals surface area (Å²) in [7, 11) is 0. The maximum Gasteiger partial charge on any atom is 0.322 e. The van der Waals surface area contributed by atoms with E-state index < -0.39 is 0 Å². The second-order valence-electron chi connectivity index (χ2n) is 6.04. The topological polar surface area (TPSA) is 90.4 Å². The molecule has 2 heterocycles. The quantitative estimate of drug-likeness (QED) is 0.417. The van der Waals surface area contributed by atoms with Gasteiger partial charge >= 0.3 is 6.01 Å². The van der Waals surface area contributed by atoms with Crippen LogP contribution in [-0.4, -0.2) is 28.5 Å². The van der Waals surface area contributed by atoms with Gasteiger partial charge in [-0.15, -0.1) is 16.9 Å². The number of nitrogens with one attached hydrogen (secondary N) is 1. The van der Waals surface area contributed by atoms with E-state index in [1.165, 1.54) is 0 Å². The van der Waals surface area contributed by atoms with Crippen LogP contribution in [0.5, 0.6) is 5.75 Å². The SMILES string of the molecule is CCOc1cccc2cc(-c3nnc(NC(=O)c4ccc(SCC)cc4)o3)oc12. The molecule has 0 saturated heterocycles. The molecule has 7 nitrogen and oxygen atoms in total. The molecule has 29 heavy (non-hydrogen) atoms. The van der Waals surface area contributed by atoms with Gasteiger partial charge < -0.3 is 13.6 Å². The van der Waals surface area contributed by atoms with E-state index in [2.05, 4.69) is 22.4 Å². The van der Waals surface area contributed by atoms with Crippen LogP contribution in [0.25, 0.3) is 22.6 Å². The predicted molar refractivity (Wildman–Crippen MR) is 111 cm³/mol. The van der Waals surface area contributed by atoms with Crippen LogP contribution in [0, 0.1) is 0 Å². The molecule has 148 valence electrons. The molecule has 8 heteroatoms. The molecule has 2 aromatic heterocycles. The Morgan fingerprint density at radius 2 is 1.93 bits per heavy atom. The summed E-state index contributed by atoms with van der Waals surface area (Å²) in [6.07, 6.45) is 0. The van der Waals surface area contributed by atoms with E-state index in [1.807, 2.05) is 37.3 Å². The maximum atomic E-state index is 12.4. The van der Waals surface area contributed by atoms with Crippen molar-refractivity contribution < 1.29 is 18.4 Å². The van der Waals surface area contributed by atoms with Gasteiger partial charge in [-0.25, -0.2) is 0 Å². The Labute approximate surface area is 171 Å². The first-order valence-electron chi connectivity index (χ1n) is 9.21. The van der Waals surface area contributed by atoms with Gasteiger partial charge in [0, 0.05) is 15.8 Å². The highest BCUT2D eigenvalue weighted by Gasteiger charge is 2.17. The fourth-order valence-corrected chi connectivity index (χ4v) is 3.48. The van der Waals surface area contributed by atoms with E-state index in [9.17, 15) is 4.79 Å². The highest BCUT2D eigenvalue weighted by molar-refractivity contribution is 7.99. The molecule has 2 aromatic carbocycles. The van der Waals surface area contributed by atoms with Gasteiger partial charge in [-0.2, -0.15) is 0 Å². The third-order valence-electron chi connectivity index (χ3n) is 4.09. The maximum absolute atomic E-state index is 12.4. The molecule has 1 amide bonds. The number of ether oxygens (including phenoxy) is 1. The van der Waals surface area contributed by atoms with E-state index in [-0.39, 0.29) is 17.8 Å². The number of rotatable bonds is 7. The van der Waals surface area contributed by atoms with Crippen molar-refractivity contribution in [1.29, 1.82) is 0 Å². The summed E-state index contributed by atoms with van der Waals surface area (Å²) in [6, 6.07) is 14.8. The number of benzene rings is 2. The van der Waals surface area contributed by atoms with Crippen molar-refractivity contribution in [2.75, 3.05) is 17.7 Å². The van der Waals surface area contributed by atoms with Gasteiger partial charge in [0.2, 0.25) is 0 Å². The number of nitrogens with zero attached hydrogens (tertiary/aromatic N) is 2. The van der Waals surface area contributed by atoms with Crippen LogP contribution in [0.15, 0.2) is 62.3 Å². The minimum Gasteiger partial charge on any atom is -0.490 e. The van der Waals surface area contributed by atoms with E-state index in [4.69, 9.17) is 13.6 Å². The van der Waals surface area contributed by atoms with Crippen molar-refractivity contribution in [3.63, 3.8) is 0 Å². The van der Waals surface area contributed by atoms with Crippen LogP contribution in [0.4, 0.5) is 6.01 Å². The van der Waals surface area contributed by atoms with Crippen LogP contribution < -0.4 is 10.1 Å². The van der Waals surface area contributed by atoms with E-state index >= 15 is 0 Å². The second kappa shape index (κ2) is 8.40. The number of anilines is 1. The number of furan rings is 1. The lowest BCUT2D eigenvalue weighted by molar-refractivity contribution is 0.102. The van der Waals surface area contributed by atoms with Crippen molar-refractivity contribution in [3.8, 4) is 17.4 Å². The van der Waals surface area contributed by atoms with Crippen molar-refractivity contribution in [2.45, 2.75) is 18.7 Å². The third-order valence-corrected chi connectivity index (χ3v) is 4.99. The number of para-hydroxylation sites is 1. The number of aromatic nitrogens is 2. The molecule has 4 aromatic rings. The molecule has 0 radical (unpaired) electrons. The Hall–Kier alpha value is -3.26. The molecule has 0 spiro atoms. The van der Waals surface area contributed by atoms with Crippen LogP contribution in [0.3, 0.4) is 0 Å². The Kier molecular flexibility index (Phi) is 5.53. The molecule has 0 fully saturated rings. The zero-order valence-corrected chi connectivity index (χ0v) is 16.8. The van der Waals surface area contributed by atoms with Gasteiger partial charge in [-0.05, 0) is 49.1 Å². The summed E-state index contributed by atoms with van der Waals surface area (Å²) < 4.78 is 17.0. The first-order valence-corrected chi connectivity index (χ1v) is 10.2. The van der Waals surface area contributed by atoms with Gasteiger partial charge in [0.05, 0.1) is 6.61 Å². The largest absolute Gasteiger partial charge is 0.490 e. The first-order chi connectivity index (χ1) is 14.2. The van der Waals surface area contributed by atoms with Gasteiger partial charge in [-0.1, -0.05) is 24.2 Å². The Bertz CT molecular complexity index is 1130. The summed E-state index contributed by atoms with van der Waals surface area (Å²) in [5.41, 5.74) is 1.12. The standard InChI is InChI=1S/C21H19N3O4S/c1-3-26-16-7-5-6-14-12-17(27-18(14)16)20-23-24-21(28-20)22-19(25)13-8-10-15(11-9-13)29-4-2/h5-12H,3-4H2,1-2H3,(H,22,24,25). The summed E-state index contributed by atoms with van der Waals surface area (Å²) in [4.78, 5) is 13.5. The number of fused-ring (bicyclic) bond motifs is 1. The molecule has 4 rings (SSSR count). The smallest absolute Gasteiger partial charge is 0.322 e. The summed E-state index contributed by atoms with van der Waals surface area (Å²) in [5, 5.41) is 11.3. The van der Waals surface area contributed by atoms with Crippen LogP contribution in [0.1, 0.15) is 24.2 Å². The summed E-state index contributed by atoms with van der Waals surface area (Å²) >= 11 is 1.71. The van der Waals surface area contributed by atoms with Gasteiger partial charge in [0.1, 0.15) is 0 Å². The van der Waals surface area contributed by atoms with Crippen LogP contribution >= 0.6 is 11.8 Å². The normalized spacial score (nSPS) is 11.0. The fraction of sp³-hybridized carbons (Fsp3) is 0.190. The number of hydrogen-bond donors (Lipinski definition) is 1. The van der Waals surface area contributed by atoms with E-state index in [0.29, 0.717) is 29.3 Å². The lowest BCUT2D eigenvalue weighted by atomic mass is 10.2.